The van der Waals surface area contributed by atoms with Crippen LogP contribution in [-0.4, -0.2) is 27.0 Å². The molecule has 0 aliphatic carbocycles. The summed E-state index contributed by atoms with van der Waals surface area (Å²) in [5.74, 6) is 0.953. The molecule has 1 aromatic rings. The van der Waals surface area contributed by atoms with Crippen LogP contribution >= 0.6 is 11.8 Å². The van der Waals surface area contributed by atoms with Crippen molar-refractivity contribution in [3.63, 3.8) is 0 Å². The first-order valence-corrected chi connectivity index (χ1v) is 8.25. The lowest BCUT2D eigenvalue weighted by atomic mass is 10.2. The van der Waals surface area contributed by atoms with Crippen LogP contribution in [0.15, 0.2) is 29.2 Å². The zero-order chi connectivity index (χ0) is 12.7. The van der Waals surface area contributed by atoms with Crippen molar-refractivity contribution < 1.29 is 8.42 Å². The molecule has 0 heterocycles. The van der Waals surface area contributed by atoms with Crippen molar-refractivity contribution in [2.45, 2.75) is 17.9 Å². The summed E-state index contributed by atoms with van der Waals surface area (Å²) >= 11 is 1.70. The van der Waals surface area contributed by atoms with Crippen LogP contribution in [0.3, 0.4) is 0 Å². The zero-order valence-electron chi connectivity index (χ0n) is 9.85. The molecule has 1 aromatic carbocycles. The van der Waals surface area contributed by atoms with E-state index in [4.69, 9.17) is 5.73 Å². The third kappa shape index (κ3) is 4.67. The van der Waals surface area contributed by atoms with Crippen LogP contribution in [0.5, 0.6) is 0 Å². The molecular weight excluding hydrogens is 256 g/mol. The lowest BCUT2D eigenvalue weighted by molar-refractivity contribution is 0.581. The molecule has 0 bridgehead atoms. The van der Waals surface area contributed by atoms with E-state index >= 15 is 0 Å². The highest BCUT2D eigenvalue weighted by Crippen LogP contribution is 2.10. The Morgan fingerprint density at radius 2 is 1.94 bits per heavy atom. The largest absolute Gasteiger partial charge is 0.326 e. The maximum Gasteiger partial charge on any atom is 0.240 e. The summed E-state index contributed by atoms with van der Waals surface area (Å²) in [5, 5.41) is 0. The highest BCUT2D eigenvalue weighted by molar-refractivity contribution is 7.98. The first kappa shape index (κ1) is 14.5. The van der Waals surface area contributed by atoms with Crippen molar-refractivity contribution in [3.8, 4) is 0 Å². The lowest BCUT2D eigenvalue weighted by Crippen LogP contribution is -2.25. The fourth-order valence-electron chi connectivity index (χ4n) is 1.31. The van der Waals surface area contributed by atoms with Gasteiger partial charge in [-0.3, -0.25) is 0 Å². The average molecular weight is 274 g/mol. The number of rotatable bonds is 7. The molecule has 0 saturated carbocycles. The van der Waals surface area contributed by atoms with Gasteiger partial charge >= 0.3 is 0 Å². The van der Waals surface area contributed by atoms with Gasteiger partial charge in [0.25, 0.3) is 0 Å². The van der Waals surface area contributed by atoms with Crippen LogP contribution in [0.2, 0.25) is 0 Å². The third-order valence-electron chi connectivity index (χ3n) is 2.29. The molecule has 0 saturated heterocycles. The minimum absolute atomic E-state index is 0.291. The Labute approximate surface area is 107 Å². The number of thioether (sulfide) groups is 1. The van der Waals surface area contributed by atoms with Gasteiger partial charge in [-0.15, -0.1) is 0 Å². The maximum absolute atomic E-state index is 11.8. The van der Waals surface area contributed by atoms with Crippen LogP contribution in [0.4, 0.5) is 0 Å². The van der Waals surface area contributed by atoms with E-state index in [0.29, 0.717) is 18.0 Å². The van der Waals surface area contributed by atoms with Gasteiger partial charge in [-0.2, -0.15) is 11.8 Å². The van der Waals surface area contributed by atoms with E-state index in [1.165, 1.54) is 0 Å². The van der Waals surface area contributed by atoms with E-state index in [1.807, 2.05) is 6.26 Å². The number of hydrogen-bond donors (Lipinski definition) is 2. The molecule has 0 radical (unpaired) electrons. The predicted octanol–water partition coefficient (Wildman–Crippen LogP) is 1.18. The number of hydrogen-bond acceptors (Lipinski definition) is 4. The van der Waals surface area contributed by atoms with Crippen LogP contribution in [0, 0.1) is 0 Å². The van der Waals surface area contributed by atoms with Gasteiger partial charge in [-0.05, 0) is 36.1 Å². The Bertz CT molecular complexity index is 429. The van der Waals surface area contributed by atoms with Crippen molar-refractivity contribution >= 4 is 21.8 Å². The van der Waals surface area contributed by atoms with Crippen molar-refractivity contribution in [2.24, 2.45) is 5.73 Å². The quantitative estimate of drug-likeness (QED) is 0.732. The molecule has 0 atom stereocenters. The molecule has 1 rings (SSSR count). The summed E-state index contributed by atoms with van der Waals surface area (Å²) in [6, 6.07) is 6.63. The Morgan fingerprint density at radius 3 is 2.47 bits per heavy atom. The standard InChI is InChI=1S/C11H18N2O2S2/c1-16-8-2-7-13-17(14,15)11-5-3-10(9-12)4-6-11/h3-6,13H,2,7-9,12H2,1H3. The maximum atomic E-state index is 11.8. The van der Waals surface area contributed by atoms with Gasteiger partial charge in [-0.25, -0.2) is 13.1 Å². The number of nitrogens with one attached hydrogen (secondary N) is 1. The summed E-state index contributed by atoms with van der Waals surface area (Å²) in [7, 11) is -3.37. The Hall–Kier alpha value is -0.560. The lowest BCUT2D eigenvalue weighted by Gasteiger charge is -2.06. The highest BCUT2D eigenvalue weighted by atomic mass is 32.2. The average Bonchev–Trinajstić information content (AvgIpc) is 2.35. The third-order valence-corrected chi connectivity index (χ3v) is 4.46. The molecule has 6 heteroatoms. The van der Waals surface area contributed by atoms with Crippen LogP contribution < -0.4 is 10.5 Å². The highest BCUT2D eigenvalue weighted by Gasteiger charge is 2.12. The monoisotopic (exact) mass is 274 g/mol. The predicted molar refractivity (Wildman–Crippen MR) is 72.5 cm³/mol. The summed E-state index contributed by atoms with van der Waals surface area (Å²) in [5.41, 5.74) is 6.38. The fourth-order valence-corrected chi connectivity index (χ4v) is 2.82. The van der Waals surface area contributed by atoms with Gasteiger partial charge < -0.3 is 5.73 Å². The van der Waals surface area contributed by atoms with Crippen molar-refractivity contribution in [1.29, 1.82) is 0 Å². The summed E-state index contributed by atoms with van der Waals surface area (Å²) in [6.07, 6.45) is 2.83. The normalized spacial score (nSPS) is 11.6. The molecule has 0 aromatic heterocycles. The Kier molecular flexibility index (Phi) is 5.97. The first-order valence-electron chi connectivity index (χ1n) is 5.38. The molecule has 0 aliphatic rings. The molecule has 0 spiro atoms. The van der Waals surface area contributed by atoms with Crippen LogP contribution in [0.1, 0.15) is 12.0 Å². The van der Waals surface area contributed by atoms with Gasteiger partial charge in [0.1, 0.15) is 0 Å². The molecule has 0 amide bonds. The van der Waals surface area contributed by atoms with Gasteiger partial charge in [0.05, 0.1) is 4.90 Å². The second kappa shape index (κ2) is 7.00. The van der Waals surface area contributed by atoms with E-state index in [1.54, 1.807) is 36.0 Å². The molecule has 17 heavy (non-hydrogen) atoms. The van der Waals surface area contributed by atoms with E-state index in [-0.39, 0.29) is 0 Å². The molecule has 4 nitrogen and oxygen atoms in total. The summed E-state index contributed by atoms with van der Waals surface area (Å²) in [6.45, 7) is 0.892. The second-order valence-electron chi connectivity index (χ2n) is 3.59. The Balaban J connectivity index is 2.62. The second-order valence-corrected chi connectivity index (χ2v) is 6.34. The van der Waals surface area contributed by atoms with Crippen molar-refractivity contribution in [1.82, 2.24) is 4.72 Å². The molecule has 3 N–H and O–H groups in total. The molecule has 96 valence electrons. The summed E-state index contributed by atoms with van der Waals surface area (Å²) < 4.78 is 26.3. The minimum atomic E-state index is -3.37. The molecule has 0 aliphatic heterocycles. The molecule has 0 fully saturated rings. The van der Waals surface area contributed by atoms with E-state index < -0.39 is 10.0 Å². The van der Waals surface area contributed by atoms with Crippen molar-refractivity contribution in [3.05, 3.63) is 29.8 Å². The molecule has 0 unspecified atom stereocenters. The van der Waals surface area contributed by atoms with Gasteiger partial charge in [0.2, 0.25) is 10.0 Å². The first-order chi connectivity index (χ1) is 8.10. The summed E-state index contributed by atoms with van der Waals surface area (Å²) in [4.78, 5) is 0.291. The van der Waals surface area contributed by atoms with Crippen LogP contribution in [-0.2, 0) is 16.6 Å². The smallest absolute Gasteiger partial charge is 0.240 e. The fraction of sp³-hybridized carbons (Fsp3) is 0.455. The Morgan fingerprint density at radius 1 is 1.29 bits per heavy atom. The van der Waals surface area contributed by atoms with Gasteiger partial charge in [-0.1, -0.05) is 12.1 Å². The van der Waals surface area contributed by atoms with Crippen LogP contribution in [0.25, 0.3) is 0 Å². The molecular formula is C11H18N2O2S2. The topological polar surface area (TPSA) is 72.2 Å². The number of nitrogens with two attached hydrogens (primary N) is 1. The SMILES string of the molecule is CSCCCNS(=O)(=O)c1ccc(CN)cc1. The van der Waals surface area contributed by atoms with E-state index in [2.05, 4.69) is 4.72 Å². The van der Waals surface area contributed by atoms with Gasteiger partial charge in [0.15, 0.2) is 0 Å². The van der Waals surface area contributed by atoms with E-state index in [0.717, 1.165) is 17.7 Å². The van der Waals surface area contributed by atoms with Gasteiger partial charge in [0, 0.05) is 13.1 Å². The zero-order valence-corrected chi connectivity index (χ0v) is 11.5. The van der Waals surface area contributed by atoms with E-state index in [9.17, 15) is 8.42 Å². The number of sulfonamides is 1. The number of benzene rings is 1. The minimum Gasteiger partial charge on any atom is -0.326 e. The van der Waals surface area contributed by atoms with Crippen molar-refractivity contribution in [2.75, 3.05) is 18.6 Å².